The van der Waals surface area contributed by atoms with Gasteiger partial charge in [0, 0.05) is 44.4 Å². The molecule has 2 fully saturated rings. The largest absolute Gasteiger partial charge is 0.344 e. The van der Waals surface area contributed by atoms with E-state index in [1.54, 1.807) is 20.8 Å². The van der Waals surface area contributed by atoms with E-state index >= 15 is 0 Å². The van der Waals surface area contributed by atoms with Crippen molar-refractivity contribution in [2.45, 2.75) is 103 Å². The van der Waals surface area contributed by atoms with Crippen LogP contribution in [0.1, 0.15) is 66.7 Å². The zero-order valence-electron chi connectivity index (χ0n) is 22.1. The molecule has 1 saturated heterocycles. The second-order valence-electron chi connectivity index (χ2n) is 10.6. The molecule has 6 atom stereocenters. The molecule has 2 rings (SSSR count). The maximum atomic E-state index is 14.4. The first kappa shape index (κ1) is 29.9. The maximum Gasteiger partial charge on any atom is 0.344 e. The first-order chi connectivity index (χ1) is 16.8. The van der Waals surface area contributed by atoms with Crippen molar-refractivity contribution in [3.8, 4) is 0 Å². The Morgan fingerprint density at radius 1 is 1.03 bits per heavy atom. The normalized spacial score (nSPS) is 27.0. The average Bonchev–Trinajstić information content (AvgIpc) is 3.29. The number of nitrogens with one attached hydrogen (secondary N) is 4. The molecule has 1 aliphatic carbocycles. The fraction of sp³-hybridized carbons (Fsp3) is 0.833. The monoisotopic (exact) mass is 516 g/mol. The molecule has 206 valence electrons. The minimum atomic E-state index is -1.24. The first-order valence-corrected chi connectivity index (χ1v) is 12.8. The second kappa shape index (κ2) is 13.3. The second-order valence-corrected chi connectivity index (χ2v) is 10.6. The van der Waals surface area contributed by atoms with Crippen LogP contribution in [-0.2, 0) is 14.4 Å². The summed E-state index contributed by atoms with van der Waals surface area (Å²) in [6.07, 6.45) is -1.52. The van der Waals surface area contributed by atoms with E-state index in [2.05, 4.69) is 21.4 Å². The molecule has 0 aromatic carbocycles. The summed E-state index contributed by atoms with van der Waals surface area (Å²) < 4.78 is 27.9. The van der Waals surface area contributed by atoms with Crippen molar-refractivity contribution in [2.24, 2.45) is 11.8 Å². The number of rotatable bonds is 7. The van der Waals surface area contributed by atoms with Crippen LogP contribution in [0.2, 0.25) is 0 Å². The molecule has 2 aliphatic rings. The summed E-state index contributed by atoms with van der Waals surface area (Å²) in [6.45, 7) is 9.44. The van der Waals surface area contributed by atoms with E-state index in [1.807, 2.05) is 13.8 Å². The molecule has 1 aliphatic heterocycles. The van der Waals surface area contributed by atoms with Crippen LogP contribution in [0, 0.1) is 11.8 Å². The van der Waals surface area contributed by atoms with E-state index in [0.29, 0.717) is 30.8 Å². The van der Waals surface area contributed by atoms with Crippen molar-refractivity contribution in [3.63, 3.8) is 0 Å². The number of nitrogens with zero attached hydrogens (tertiary/aromatic N) is 2. The van der Waals surface area contributed by atoms with Gasteiger partial charge in [-0.05, 0) is 46.0 Å². The number of hydrazine groups is 1. The van der Waals surface area contributed by atoms with Crippen LogP contribution >= 0.6 is 0 Å². The molecular formula is C24H42F2N6O4. The number of carbonyl (C=O) groups is 4. The first-order valence-electron chi connectivity index (χ1n) is 12.8. The summed E-state index contributed by atoms with van der Waals surface area (Å²) >= 11 is 0. The minimum absolute atomic E-state index is 0.0808. The van der Waals surface area contributed by atoms with Crippen molar-refractivity contribution in [1.82, 2.24) is 31.3 Å². The molecule has 5 unspecified atom stereocenters. The van der Waals surface area contributed by atoms with Crippen LogP contribution in [0.3, 0.4) is 0 Å². The molecule has 1 saturated carbocycles. The zero-order chi connectivity index (χ0) is 27.2. The smallest absolute Gasteiger partial charge is 0.335 e. The molecular weight excluding hydrogens is 474 g/mol. The number of hydrogen-bond acceptors (Lipinski definition) is 6. The lowest BCUT2D eigenvalue weighted by molar-refractivity contribution is -0.153. The fourth-order valence-electron chi connectivity index (χ4n) is 4.36. The molecule has 36 heavy (non-hydrogen) atoms. The van der Waals surface area contributed by atoms with Gasteiger partial charge >= 0.3 is 17.8 Å². The number of halogens is 2. The highest BCUT2D eigenvalue weighted by Crippen LogP contribution is 2.32. The molecule has 12 heteroatoms. The third kappa shape index (κ3) is 8.09. The van der Waals surface area contributed by atoms with Crippen LogP contribution < -0.4 is 21.4 Å². The third-order valence-electron chi connectivity index (χ3n) is 6.95. The van der Waals surface area contributed by atoms with Crippen molar-refractivity contribution in [3.05, 3.63) is 0 Å². The van der Waals surface area contributed by atoms with Crippen molar-refractivity contribution < 1.29 is 28.0 Å². The summed E-state index contributed by atoms with van der Waals surface area (Å²) in [5, 5.41) is 9.50. The fourth-order valence-corrected chi connectivity index (χ4v) is 4.36. The Bertz CT molecular complexity index is 799. The van der Waals surface area contributed by atoms with Crippen LogP contribution in [0.25, 0.3) is 0 Å². The highest BCUT2D eigenvalue weighted by Gasteiger charge is 2.41. The molecule has 0 aromatic rings. The average molecular weight is 517 g/mol. The predicted octanol–water partition coefficient (Wildman–Crippen LogP) is 1.61. The minimum Gasteiger partial charge on any atom is -0.335 e. The van der Waals surface area contributed by atoms with Crippen LogP contribution in [0.15, 0.2) is 0 Å². The SMILES string of the molecule is CC(C)CCC(=O)NN(C(=O)N[C@@H](C)C1NCC(C2CCC(F)CC2F)N1)C(=O)C(=O)N(C)C(C)C. The van der Waals surface area contributed by atoms with Gasteiger partial charge in [0.05, 0.1) is 12.2 Å². The van der Waals surface area contributed by atoms with E-state index in [0.717, 1.165) is 0 Å². The van der Waals surface area contributed by atoms with Gasteiger partial charge in [-0.2, -0.15) is 5.01 Å². The molecule has 10 nitrogen and oxygen atoms in total. The van der Waals surface area contributed by atoms with E-state index in [-0.39, 0.29) is 36.8 Å². The summed E-state index contributed by atoms with van der Waals surface area (Å²) in [5.74, 6) is -2.78. The Labute approximate surface area is 212 Å². The van der Waals surface area contributed by atoms with Gasteiger partial charge in [-0.3, -0.25) is 30.4 Å². The molecule has 0 bridgehead atoms. The highest BCUT2D eigenvalue weighted by atomic mass is 19.1. The molecule has 4 N–H and O–H groups in total. The molecule has 0 radical (unpaired) electrons. The van der Waals surface area contributed by atoms with Gasteiger partial charge in [0.25, 0.3) is 0 Å². The number of imide groups is 1. The standard InChI is InChI=1S/C24H42F2N6O4/c1-13(2)7-10-20(33)30-32(23(35)22(34)31(6)14(3)4)24(36)28-15(5)21-27-12-19(29-21)17-9-8-16(25)11-18(17)26/h13-19,21,27,29H,7-12H2,1-6H3,(H,28,36)(H,30,33)/t15-,16?,17?,18?,19?,21?/m0/s1. The molecule has 1 heterocycles. The number of likely N-dealkylation sites (N-methyl/N-ethyl adjacent to an activating group) is 1. The number of urea groups is 1. The Morgan fingerprint density at radius 2 is 1.69 bits per heavy atom. The Hall–Kier alpha value is -2.34. The van der Waals surface area contributed by atoms with Gasteiger partial charge in [0.1, 0.15) is 12.3 Å². The number of alkyl halides is 2. The maximum absolute atomic E-state index is 14.4. The highest BCUT2D eigenvalue weighted by molar-refractivity contribution is 6.37. The summed E-state index contributed by atoms with van der Waals surface area (Å²) in [7, 11) is 1.44. The van der Waals surface area contributed by atoms with E-state index in [9.17, 15) is 28.0 Å². The van der Waals surface area contributed by atoms with Crippen molar-refractivity contribution in [1.29, 1.82) is 0 Å². The van der Waals surface area contributed by atoms with Crippen molar-refractivity contribution >= 4 is 23.8 Å². The Kier molecular flexibility index (Phi) is 11.0. The lowest BCUT2D eigenvalue weighted by Crippen LogP contribution is -2.61. The lowest BCUT2D eigenvalue weighted by atomic mass is 9.82. The van der Waals surface area contributed by atoms with Crippen LogP contribution in [-0.4, -0.2) is 83.9 Å². The van der Waals surface area contributed by atoms with Crippen molar-refractivity contribution in [2.75, 3.05) is 13.6 Å². The quantitative estimate of drug-likeness (QED) is 0.301. The zero-order valence-corrected chi connectivity index (χ0v) is 22.1. The van der Waals surface area contributed by atoms with E-state index < -0.39 is 48.3 Å². The molecule has 0 aromatic heterocycles. The van der Waals surface area contributed by atoms with Gasteiger partial charge < -0.3 is 10.2 Å². The van der Waals surface area contributed by atoms with Gasteiger partial charge in [-0.25, -0.2) is 13.6 Å². The number of amides is 5. The Balaban J connectivity index is 2.05. The van der Waals surface area contributed by atoms with E-state index in [1.165, 1.54) is 11.9 Å². The van der Waals surface area contributed by atoms with E-state index in [4.69, 9.17) is 0 Å². The molecule has 0 spiro atoms. The van der Waals surface area contributed by atoms with Gasteiger partial charge in [0.2, 0.25) is 5.91 Å². The summed E-state index contributed by atoms with van der Waals surface area (Å²) in [4.78, 5) is 52.1. The third-order valence-corrected chi connectivity index (χ3v) is 6.95. The van der Waals surface area contributed by atoms with Crippen LogP contribution in [0.5, 0.6) is 0 Å². The summed E-state index contributed by atoms with van der Waals surface area (Å²) in [5.41, 5.74) is 2.27. The molecule has 5 amide bonds. The van der Waals surface area contributed by atoms with Gasteiger partial charge in [-0.1, -0.05) is 13.8 Å². The number of carbonyl (C=O) groups excluding carboxylic acids is 4. The van der Waals surface area contributed by atoms with Gasteiger partial charge in [-0.15, -0.1) is 0 Å². The van der Waals surface area contributed by atoms with Gasteiger partial charge in [0.15, 0.2) is 0 Å². The van der Waals surface area contributed by atoms with Crippen LogP contribution in [0.4, 0.5) is 13.6 Å². The predicted molar refractivity (Wildman–Crippen MR) is 131 cm³/mol. The topological polar surface area (TPSA) is 123 Å². The Morgan fingerprint density at radius 3 is 2.28 bits per heavy atom. The summed E-state index contributed by atoms with van der Waals surface area (Å²) in [6, 6.07) is -2.06. The lowest BCUT2D eigenvalue weighted by Gasteiger charge is -2.33. The number of hydrogen-bond donors (Lipinski definition) is 4.